The normalized spacial score (nSPS) is 15.3. The fourth-order valence-electron chi connectivity index (χ4n) is 3.81. The summed E-state index contributed by atoms with van der Waals surface area (Å²) in [5.74, 6) is 0.875. The highest BCUT2D eigenvalue weighted by Crippen LogP contribution is 2.35. The molecule has 3 aromatic rings. The van der Waals surface area contributed by atoms with Gasteiger partial charge in [-0.05, 0) is 49.4 Å². The summed E-state index contributed by atoms with van der Waals surface area (Å²) < 4.78 is 5.64. The summed E-state index contributed by atoms with van der Waals surface area (Å²) >= 11 is 1.74. The maximum absolute atomic E-state index is 5.64. The molecule has 0 radical (unpaired) electrons. The molecule has 1 aromatic heterocycles. The third-order valence-electron chi connectivity index (χ3n) is 5.57. The maximum atomic E-state index is 5.64. The maximum Gasteiger partial charge on any atom is 0.185 e. The zero-order chi connectivity index (χ0) is 20.1. The van der Waals surface area contributed by atoms with E-state index in [9.17, 15) is 0 Å². The highest BCUT2D eigenvalue weighted by atomic mass is 32.1. The standard InChI is InChI=1S/C24H29N3OS/c1-18(20-9-5-3-6-10-20)25-16-19-11-12-23(28-2)21(15-19)22-17-29-24(26-22)27-13-7-4-8-14-27/h3,5-6,9-12,15,17-18,25H,4,7-8,13-14,16H2,1-2H3. The lowest BCUT2D eigenvalue weighted by molar-refractivity contribution is 0.416. The molecular weight excluding hydrogens is 378 g/mol. The van der Waals surface area contributed by atoms with Crippen LogP contribution in [0.3, 0.4) is 0 Å². The molecule has 1 atom stereocenters. The number of benzene rings is 2. The van der Waals surface area contributed by atoms with Crippen molar-refractivity contribution in [2.45, 2.75) is 38.8 Å². The molecule has 2 aromatic carbocycles. The molecule has 1 N–H and O–H groups in total. The molecule has 1 fully saturated rings. The largest absolute Gasteiger partial charge is 0.496 e. The van der Waals surface area contributed by atoms with Gasteiger partial charge in [-0.1, -0.05) is 36.4 Å². The van der Waals surface area contributed by atoms with E-state index in [4.69, 9.17) is 9.72 Å². The number of nitrogens with zero attached hydrogens (tertiary/aromatic N) is 2. The zero-order valence-electron chi connectivity index (χ0n) is 17.2. The second-order valence-electron chi connectivity index (χ2n) is 7.61. The number of thiazole rings is 1. The van der Waals surface area contributed by atoms with Crippen LogP contribution in [0, 0.1) is 0 Å². The Labute approximate surface area is 177 Å². The van der Waals surface area contributed by atoms with Gasteiger partial charge in [-0.2, -0.15) is 0 Å². The Morgan fingerprint density at radius 2 is 1.90 bits per heavy atom. The molecule has 152 valence electrons. The van der Waals surface area contributed by atoms with Gasteiger partial charge in [-0.15, -0.1) is 11.3 Å². The third kappa shape index (κ3) is 4.80. The van der Waals surface area contributed by atoms with E-state index in [0.717, 1.165) is 41.8 Å². The molecule has 0 bridgehead atoms. The molecule has 29 heavy (non-hydrogen) atoms. The first-order valence-corrected chi connectivity index (χ1v) is 11.3. The minimum Gasteiger partial charge on any atom is -0.496 e. The van der Waals surface area contributed by atoms with Crippen molar-refractivity contribution in [3.05, 3.63) is 65.0 Å². The summed E-state index contributed by atoms with van der Waals surface area (Å²) in [5.41, 5.74) is 4.60. The summed E-state index contributed by atoms with van der Waals surface area (Å²) in [5, 5.41) is 6.91. The predicted molar refractivity (Wildman–Crippen MR) is 122 cm³/mol. The molecule has 0 aliphatic carbocycles. The molecule has 1 saturated heterocycles. The van der Waals surface area contributed by atoms with E-state index in [1.807, 2.05) is 0 Å². The number of nitrogens with one attached hydrogen (secondary N) is 1. The van der Waals surface area contributed by atoms with Gasteiger partial charge < -0.3 is 15.0 Å². The summed E-state index contributed by atoms with van der Waals surface area (Å²) in [6, 6.07) is 17.2. The fourth-order valence-corrected chi connectivity index (χ4v) is 4.69. The van der Waals surface area contributed by atoms with Crippen LogP contribution in [-0.4, -0.2) is 25.2 Å². The first-order valence-electron chi connectivity index (χ1n) is 10.4. The second-order valence-corrected chi connectivity index (χ2v) is 8.45. The van der Waals surface area contributed by atoms with Crippen LogP contribution in [0.15, 0.2) is 53.9 Å². The van der Waals surface area contributed by atoms with E-state index >= 15 is 0 Å². The van der Waals surface area contributed by atoms with E-state index in [1.54, 1.807) is 18.4 Å². The molecule has 0 spiro atoms. The van der Waals surface area contributed by atoms with Gasteiger partial charge in [0.1, 0.15) is 5.75 Å². The number of hydrogen-bond acceptors (Lipinski definition) is 5. The van der Waals surface area contributed by atoms with Crippen LogP contribution < -0.4 is 15.0 Å². The van der Waals surface area contributed by atoms with Crippen molar-refractivity contribution in [1.29, 1.82) is 0 Å². The number of methoxy groups -OCH3 is 1. The van der Waals surface area contributed by atoms with Gasteiger partial charge in [-0.3, -0.25) is 0 Å². The van der Waals surface area contributed by atoms with Crippen molar-refractivity contribution >= 4 is 16.5 Å². The molecule has 0 saturated carbocycles. The number of anilines is 1. The highest BCUT2D eigenvalue weighted by molar-refractivity contribution is 7.14. The molecule has 4 nitrogen and oxygen atoms in total. The number of piperidine rings is 1. The minimum absolute atomic E-state index is 0.298. The summed E-state index contributed by atoms with van der Waals surface area (Å²) in [6.45, 7) is 5.23. The highest BCUT2D eigenvalue weighted by Gasteiger charge is 2.17. The van der Waals surface area contributed by atoms with E-state index in [-0.39, 0.29) is 0 Å². The van der Waals surface area contributed by atoms with Crippen LogP contribution in [0.2, 0.25) is 0 Å². The predicted octanol–water partition coefficient (Wildman–Crippen LogP) is 5.66. The van der Waals surface area contributed by atoms with Crippen molar-refractivity contribution < 1.29 is 4.74 Å². The average molecular weight is 408 g/mol. The Morgan fingerprint density at radius 1 is 1.10 bits per heavy atom. The van der Waals surface area contributed by atoms with Crippen molar-refractivity contribution in [2.75, 3.05) is 25.1 Å². The molecule has 4 rings (SSSR count). The Morgan fingerprint density at radius 3 is 2.66 bits per heavy atom. The first kappa shape index (κ1) is 19.9. The molecule has 0 amide bonds. The summed E-state index contributed by atoms with van der Waals surface area (Å²) in [6.07, 6.45) is 3.86. The van der Waals surface area contributed by atoms with Crippen LogP contribution in [0.4, 0.5) is 5.13 Å². The Hall–Kier alpha value is -2.37. The molecule has 1 aliphatic heterocycles. The van der Waals surface area contributed by atoms with Crippen molar-refractivity contribution in [1.82, 2.24) is 10.3 Å². The van der Waals surface area contributed by atoms with Crippen LogP contribution in [-0.2, 0) is 6.54 Å². The van der Waals surface area contributed by atoms with Gasteiger partial charge in [0.25, 0.3) is 0 Å². The van der Waals surface area contributed by atoms with Gasteiger partial charge in [0, 0.05) is 36.6 Å². The molecule has 1 aliphatic rings. The van der Waals surface area contributed by atoms with E-state index in [2.05, 4.69) is 71.1 Å². The molecular formula is C24H29N3OS. The number of hydrogen-bond donors (Lipinski definition) is 1. The van der Waals surface area contributed by atoms with Gasteiger partial charge >= 0.3 is 0 Å². The topological polar surface area (TPSA) is 37.4 Å². The fraction of sp³-hybridized carbons (Fsp3) is 0.375. The smallest absolute Gasteiger partial charge is 0.185 e. The lowest BCUT2D eigenvalue weighted by Gasteiger charge is -2.25. The van der Waals surface area contributed by atoms with Gasteiger partial charge in [0.15, 0.2) is 5.13 Å². The van der Waals surface area contributed by atoms with Crippen molar-refractivity contribution in [3.8, 4) is 17.0 Å². The van der Waals surface area contributed by atoms with Crippen LogP contribution >= 0.6 is 11.3 Å². The van der Waals surface area contributed by atoms with E-state index in [1.165, 1.54) is 30.4 Å². The number of ether oxygens (including phenoxy) is 1. The number of rotatable bonds is 7. The quantitative estimate of drug-likeness (QED) is 0.548. The van der Waals surface area contributed by atoms with Gasteiger partial charge in [0.05, 0.1) is 12.8 Å². The average Bonchev–Trinajstić information content (AvgIpc) is 3.28. The lowest BCUT2D eigenvalue weighted by Crippen LogP contribution is -2.29. The number of aromatic nitrogens is 1. The Kier molecular flexibility index (Phi) is 6.47. The summed E-state index contributed by atoms with van der Waals surface area (Å²) in [7, 11) is 1.73. The van der Waals surface area contributed by atoms with Crippen LogP contribution in [0.5, 0.6) is 5.75 Å². The third-order valence-corrected chi connectivity index (χ3v) is 6.47. The minimum atomic E-state index is 0.298. The lowest BCUT2D eigenvalue weighted by atomic mass is 10.1. The zero-order valence-corrected chi connectivity index (χ0v) is 18.0. The Bertz CT molecular complexity index is 919. The van der Waals surface area contributed by atoms with E-state index in [0.29, 0.717) is 6.04 Å². The second kappa shape index (κ2) is 9.42. The molecule has 2 heterocycles. The molecule has 5 heteroatoms. The van der Waals surface area contributed by atoms with Crippen LogP contribution in [0.25, 0.3) is 11.3 Å². The SMILES string of the molecule is COc1ccc(CNC(C)c2ccccc2)cc1-c1csc(N2CCCCC2)n1. The monoisotopic (exact) mass is 407 g/mol. The van der Waals surface area contributed by atoms with Crippen molar-refractivity contribution in [3.63, 3.8) is 0 Å². The van der Waals surface area contributed by atoms with Gasteiger partial charge in [-0.25, -0.2) is 4.98 Å². The van der Waals surface area contributed by atoms with Crippen molar-refractivity contribution in [2.24, 2.45) is 0 Å². The summed E-state index contributed by atoms with van der Waals surface area (Å²) in [4.78, 5) is 7.35. The Balaban J connectivity index is 1.50. The first-order chi connectivity index (χ1) is 14.2. The van der Waals surface area contributed by atoms with Crippen LogP contribution in [0.1, 0.15) is 43.4 Å². The van der Waals surface area contributed by atoms with E-state index < -0.39 is 0 Å². The van der Waals surface area contributed by atoms with Gasteiger partial charge in [0.2, 0.25) is 0 Å². The molecule has 1 unspecified atom stereocenters.